The Morgan fingerprint density at radius 2 is 1.94 bits per heavy atom. The minimum absolute atomic E-state index is 0.151. The van der Waals surface area contributed by atoms with Gasteiger partial charge in [-0.1, -0.05) is 0 Å². The van der Waals surface area contributed by atoms with Crippen LogP contribution in [0.3, 0.4) is 0 Å². The van der Waals surface area contributed by atoms with Crippen LogP contribution in [0.25, 0.3) is 17.2 Å². The van der Waals surface area contributed by atoms with Gasteiger partial charge in [0, 0.05) is 44.5 Å². The number of likely N-dealkylation sites (tertiary alicyclic amines) is 1. The Hall–Kier alpha value is -3.24. The molecule has 1 unspecified atom stereocenters. The van der Waals surface area contributed by atoms with Crippen LogP contribution in [-0.4, -0.2) is 60.8 Å². The van der Waals surface area contributed by atoms with Gasteiger partial charge in [0.25, 0.3) is 0 Å². The number of rotatable bonds is 3. The number of piperidine rings is 1. The number of alkyl halides is 3. The smallest absolute Gasteiger partial charge is 0.354 e. The van der Waals surface area contributed by atoms with E-state index in [1.165, 1.54) is 10.6 Å². The molecule has 2 saturated heterocycles. The number of carbonyl (C=O) groups is 1. The van der Waals surface area contributed by atoms with E-state index in [4.69, 9.17) is 0 Å². The Labute approximate surface area is 175 Å². The van der Waals surface area contributed by atoms with Gasteiger partial charge in [0.2, 0.25) is 5.91 Å². The van der Waals surface area contributed by atoms with Crippen LogP contribution in [0.2, 0.25) is 0 Å². The van der Waals surface area contributed by atoms with Crippen molar-refractivity contribution in [2.45, 2.75) is 37.9 Å². The van der Waals surface area contributed by atoms with E-state index in [-0.39, 0.29) is 23.4 Å². The maximum Gasteiger partial charge on any atom is 0.434 e. The molecule has 1 atom stereocenters. The van der Waals surface area contributed by atoms with E-state index >= 15 is 0 Å². The van der Waals surface area contributed by atoms with Gasteiger partial charge in [0.1, 0.15) is 11.5 Å². The van der Waals surface area contributed by atoms with E-state index in [1.54, 1.807) is 12.3 Å². The highest BCUT2D eigenvalue weighted by Crippen LogP contribution is 2.29. The van der Waals surface area contributed by atoms with Crippen LogP contribution in [0.5, 0.6) is 0 Å². The first-order chi connectivity index (χ1) is 14.9. The van der Waals surface area contributed by atoms with Crippen molar-refractivity contribution in [2.24, 2.45) is 0 Å². The van der Waals surface area contributed by atoms with Gasteiger partial charge in [-0.2, -0.15) is 13.2 Å². The molecular formula is C20H20F3N7O. The molecule has 162 valence electrons. The summed E-state index contributed by atoms with van der Waals surface area (Å²) in [5, 5.41) is 0. The first-order valence-corrected chi connectivity index (χ1v) is 10.2. The normalized spacial score (nSPS) is 20.1. The van der Waals surface area contributed by atoms with Crippen LogP contribution in [0.4, 0.5) is 19.0 Å². The van der Waals surface area contributed by atoms with Gasteiger partial charge < -0.3 is 9.80 Å². The third-order valence-electron chi connectivity index (χ3n) is 5.83. The van der Waals surface area contributed by atoms with Crippen molar-refractivity contribution >= 4 is 17.4 Å². The molecule has 8 nitrogen and oxygen atoms in total. The van der Waals surface area contributed by atoms with E-state index in [1.807, 2.05) is 4.90 Å². The summed E-state index contributed by atoms with van der Waals surface area (Å²) in [6.45, 7) is 2.27. The van der Waals surface area contributed by atoms with Crippen molar-refractivity contribution in [1.82, 2.24) is 29.2 Å². The molecule has 1 amide bonds. The molecule has 11 heteroatoms. The average molecular weight is 431 g/mol. The highest BCUT2D eigenvalue weighted by Gasteiger charge is 2.34. The Morgan fingerprint density at radius 3 is 2.71 bits per heavy atom. The van der Waals surface area contributed by atoms with E-state index in [0.29, 0.717) is 24.5 Å². The minimum atomic E-state index is -4.56. The number of hydrogen-bond acceptors (Lipinski definition) is 6. The van der Waals surface area contributed by atoms with Gasteiger partial charge in [0.05, 0.1) is 12.4 Å². The summed E-state index contributed by atoms with van der Waals surface area (Å²) in [6, 6.07) is 1.93. The Balaban J connectivity index is 1.45. The number of hydrogen-bond donors (Lipinski definition) is 0. The first kappa shape index (κ1) is 19.7. The van der Waals surface area contributed by atoms with Crippen molar-refractivity contribution in [3.63, 3.8) is 0 Å². The second-order valence-corrected chi connectivity index (χ2v) is 7.81. The number of anilines is 1. The van der Waals surface area contributed by atoms with Crippen LogP contribution in [0.15, 0.2) is 30.9 Å². The highest BCUT2D eigenvalue weighted by atomic mass is 19.4. The molecule has 2 aliphatic rings. The number of fused-ring (bicyclic) bond motifs is 1. The van der Waals surface area contributed by atoms with E-state index < -0.39 is 11.9 Å². The number of aromatic nitrogens is 5. The summed E-state index contributed by atoms with van der Waals surface area (Å²) >= 11 is 0. The summed E-state index contributed by atoms with van der Waals surface area (Å²) < 4.78 is 40.6. The molecule has 0 aromatic carbocycles. The zero-order valence-electron chi connectivity index (χ0n) is 16.6. The summed E-state index contributed by atoms with van der Waals surface area (Å²) in [7, 11) is 0. The van der Waals surface area contributed by atoms with E-state index in [2.05, 4.69) is 24.8 Å². The zero-order chi connectivity index (χ0) is 21.6. The van der Waals surface area contributed by atoms with Gasteiger partial charge in [0.15, 0.2) is 17.2 Å². The maximum absolute atomic E-state index is 13.1. The minimum Gasteiger partial charge on any atom is -0.354 e. The molecule has 3 aromatic rings. The topological polar surface area (TPSA) is 79.5 Å². The van der Waals surface area contributed by atoms with Crippen LogP contribution in [0, 0.1) is 0 Å². The molecule has 0 radical (unpaired) electrons. The lowest BCUT2D eigenvalue weighted by Crippen LogP contribution is -2.48. The van der Waals surface area contributed by atoms with Crippen LogP contribution < -0.4 is 4.90 Å². The standard InChI is InChI=1S/C20H20F3N7O/c21-20(22,23)15-12-30-14(9-26-17(30)10-25-15)19-24-6-5-16(27-19)28-7-1-3-13(11-28)29-8-2-4-18(29)31/h5-6,9-10,12-13H,1-4,7-8,11H2. The summed E-state index contributed by atoms with van der Waals surface area (Å²) in [4.78, 5) is 32.6. The number of nitrogens with zero attached hydrogens (tertiary/aromatic N) is 7. The zero-order valence-corrected chi connectivity index (χ0v) is 16.6. The quantitative estimate of drug-likeness (QED) is 0.635. The van der Waals surface area contributed by atoms with Crippen LogP contribution >= 0.6 is 0 Å². The molecule has 5 rings (SSSR count). The van der Waals surface area contributed by atoms with Crippen molar-refractivity contribution < 1.29 is 18.0 Å². The van der Waals surface area contributed by atoms with Gasteiger partial charge >= 0.3 is 6.18 Å². The van der Waals surface area contributed by atoms with Gasteiger partial charge in [-0.3, -0.25) is 9.20 Å². The van der Waals surface area contributed by atoms with Crippen molar-refractivity contribution in [2.75, 3.05) is 24.5 Å². The lowest BCUT2D eigenvalue weighted by Gasteiger charge is -2.38. The molecule has 31 heavy (non-hydrogen) atoms. The fraction of sp³-hybridized carbons (Fsp3) is 0.450. The summed E-state index contributed by atoms with van der Waals surface area (Å²) in [5.74, 6) is 1.17. The van der Waals surface area contributed by atoms with E-state index in [9.17, 15) is 18.0 Å². The molecule has 0 spiro atoms. The predicted octanol–water partition coefficient (Wildman–Crippen LogP) is 2.80. The van der Waals surface area contributed by atoms with Crippen LogP contribution in [0.1, 0.15) is 31.4 Å². The van der Waals surface area contributed by atoms with Crippen molar-refractivity contribution in [3.05, 3.63) is 36.5 Å². The number of carbonyl (C=O) groups excluding carboxylic acids is 1. The predicted molar refractivity (Wildman–Crippen MR) is 105 cm³/mol. The summed E-state index contributed by atoms with van der Waals surface area (Å²) in [6.07, 6.45) is 3.86. The Bertz CT molecular complexity index is 1130. The average Bonchev–Trinajstić information content (AvgIpc) is 3.39. The maximum atomic E-state index is 13.1. The second kappa shape index (κ2) is 7.47. The first-order valence-electron chi connectivity index (χ1n) is 10.2. The molecule has 0 N–H and O–H groups in total. The fourth-order valence-electron chi connectivity index (χ4n) is 4.32. The molecule has 3 aromatic heterocycles. The second-order valence-electron chi connectivity index (χ2n) is 7.81. The molecule has 0 bridgehead atoms. The number of imidazole rings is 1. The largest absolute Gasteiger partial charge is 0.434 e. The molecule has 2 fully saturated rings. The summed E-state index contributed by atoms with van der Waals surface area (Å²) in [5.41, 5.74) is -0.375. The van der Waals surface area contributed by atoms with Gasteiger partial charge in [-0.25, -0.2) is 19.9 Å². The third-order valence-corrected chi connectivity index (χ3v) is 5.83. The molecule has 2 aliphatic heterocycles. The SMILES string of the molecule is O=C1CCCN1C1CCCN(c2ccnc(-c3cnc4cnc(C(F)(F)F)cn34)n2)C1. The number of halogens is 3. The highest BCUT2D eigenvalue weighted by molar-refractivity contribution is 5.78. The fourth-order valence-corrected chi connectivity index (χ4v) is 4.32. The van der Waals surface area contributed by atoms with Gasteiger partial charge in [-0.05, 0) is 25.3 Å². The molecule has 0 aliphatic carbocycles. The monoisotopic (exact) mass is 431 g/mol. The Morgan fingerprint density at radius 1 is 1.06 bits per heavy atom. The molecular weight excluding hydrogens is 411 g/mol. The Kier molecular flexibility index (Phi) is 4.75. The van der Waals surface area contributed by atoms with E-state index in [0.717, 1.165) is 44.7 Å². The van der Waals surface area contributed by atoms with Crippen LogP contribution in [-0.2, 0) is 11.0 Å². The third kappa shape index (κ3) is 3.68. The lowest BCUT2D eigenvalue weighted by molar-refractivity contribution is -0.141. The molecule has 0 saturated carbocycles. The molecule has 5 heterocycles. The van der Waals surface area contributed by atoms with Gasteiger partial charge in [-0.15, -0.1) is 0 Å². The number of amides is 1. The van der Waals surface area contributed by atoms with Crippen molar-refractivity contribution in [3.8, 4) is 11.5 Å². The lowest BCUT2D eigenvalue weighted by atomic mass is 10.0. The van der Waals surface area contributed by atoms with Crippen molar-refractivity contribution in [1.29, 1.82) is 0 Å².